The maximum atomic E-state index is 12.7. The molecule has 1 aliphatic heterocycles. The number of hydrogen-bond acceptors (Lipinski definition) is 2. The smallest absolute Gasteiger partial charge is 0.254 e. The Labute approximate surface area is 136 Å². The number of amides is 1. The third-order valence-corrected chi connectivity index (χ3v) is 4.51. The van der Waals surface area contributed by atoms with Gasteiger partial charge in [0.1, 0.15) is 0 Å². The summed E-state index contributed by atoms with van der Waals surface area (Å²) in [5.74, 6) is 0.475. The van der Waals surface area contributed by atoms with Crippen LogP contribution in [0, 0.1) is 6.92 Å². The second kappa shape index (κ2) is 6.82. The van der Waals surface area contributed by atoms with E-state index >= 15 is 0 Å². The highest BCUT2D eigenvalue weighted by Gasteiger charge is 2.22. The van der Waals surface area contributed by atoms with E-state index < -0.39 is 0 Å². The van der Waals surface area contributed by atoms with Crippen LogP contribution in [0.15, 0.2) is 47.3 Å². The number of hydrogen-bond donors (Lipinski definition) is 1. The van der Waals surface area contributed by atoms with E-state index in [1.54, 1.807) is 13.0 Å². The minimum absolute atomic E-state index is 0.0343. The van der Waals surface area contributed by atoms with Crippen molar-refractivity contribution in [2.24, 2.45) is 0 Å². The van der Waals surface area contributed by atoms with Gasteiger partial charge >= 0.3 is 0 Å². The first-order valence-corrected chi connectivity index (χ1v) is 8.18. The molecule has 1 saturated heterocycles. The number of aromatic amines is 1. The van der Waals surface area contributed by atoms with Gasteiger partial charge in [0.25, 0.3) is 5.91 Å². The predicted molar refractivity (Wildman–Crippen MR) is 90.7 cm³/mol. The average Bonchev–Trinajstić information content (AvgIpc) is 2.80. The number of likely N-dealkylation sites (tertiary alicyclic amines) is 1. The van der Waals surface area contributed by atoms with Crippen molar-refractivity contribution in [3.63, 3.8) is 0 Å². The lowest BCUT2D eigenvalue weighted by Crippen LogP contribution is -2.32. The Kier molecular flexibility index (Phi) is 4.60. The van der Waals surface area contributed by atoms with Crippen molar-refractivity contribution >= 4 is 5.91 Å². The van der Waals surface area contributed by atoms with Crippen molar-refractivity contribution < 1.29 is 4.79 Å². The molecule has 2 heterocycles. The normalized spacial score (nSPS) is 18.5. The van der Waals surface area contributed by atoms with Gasteiger partial charge in [0.05, 0.1) is 0 Å². The highest BCUT2D eigenvalue weighted by atomic mass is 16.2. The summed E-state index contributed by atoms with van der Waals surface area (Å²) in [6.07, 6.45) is 3.06. The monoisotopic (exact) mass is 310 g/mol. The lowest BCUT2D eigenvalue weighted by atomic mass is 9.92. The molecule has 1 fully saturated rings. The van der Waals surface area contributed by atoms with Crippen molar-refractivity contribution in [1.29, 1.82) is 0 Å². The number of carbonyl (C=O) groups excluding carboxylic acids is 1. The van der Waals surface area contributed by atoms with Crippen LogP contribution < -0.4 is 5.56 Å². The van der Waals surface area contributed by atoms with Crippen LogP contribution >= 0.6 is 0 Å². The highest BCUT2D eigenvalue weighted by molar-refractivity contribution is 5.94. The summed E-state index contributed by atoms with van der Waals surface area (Å²) in [5.41, 5.74) is 2.35. The Morgan fingerprint density at radius 2 is 1.91 bits per heavy atom. The van der Waals surface area contributed by atoms with E-state index in [1.165, 1.54) is 11.6 Å². The summed E-state index contributed by atoms with van der Waals surface area (Å²) in [5, 5.41) is 0. The summed E-state index contributed by atoms with van der Waals surface area (Å²) in [6.45, 7) is 3.30. The molecule has 3 rings (SSSR count). The number of rotatable bonds is 2. The first-order valence-electron chi connectivity index (χ1n) is 8.18. The number of nitrogens with zero attached hydrogens (tertiary/aromatic N) is 1. The first kappa shape index (κ1) is 15.5. The number of aromatic nitrogens is 1. The van der Waals surface area contributed by atoms with Crippen molar-refractivity contribution in [3.8, 4) is 0 Å². The molecule has 23 heavy (non-hydrogen) atoms. The topological polar surface area (TPSA) is 53.2 Å². The van der Waals surface area contributed by atoms with E-state index in [0.29, 0.717) is 11.5 Å². The molecule has 4 heteroatoms. The zero-order chi connectivity index (χ0) is 16.2. The predicted octanol–water partition coefficient (Wildman–Crippen LogP) is 3.09. The zero-order valence-electron chi connectivity index (χ0n) is 13.4. The average molecular weight is 310 g/mol. The van der Waals surface area contributed by atoms with Gasteiger partial charge in [0, 0.05) is 30.4 Å². The fourth-order valence-electron chi connectivity index (χ4n) is 3.35. The molecule has 1 atom stereocenters. The molecule has 1 aromatic carbocycles. The van der Waals surface area contributed by atoms with Gasteiger partial charge in [-0.3, -0.25) is 9.59 Å². The van der Waals surface area contributed by atoms with Crippen LogP contribution in [0.3, 0.4) is 0 Å². The lowest BCUT2D eigenvalue weighted by molar-refractivity contribution is 0.0760. The number of H-pyrrole nitrogens is 1. The summed E-state index contributed by atoms with van der Waals surface area (Å²) < 4.78 is 0. The van der Waals surface area contributed by atoms with Gasteiger partial charge in [-0.15, -0.1) is 0 Å². The number of nitrogens with one attached hydrogen (secondary N) is 1. The van der Waals surface area contributed by atoms with Gasteiger partial charge in [-0.05, 0) is 43.7 Å². The minimum atomic E-state index is -0.217. The molecule has 4 nitrogen and oxygen atoms in total. The SMILES string of the molecule is Cc1cc(C(=O)N2CCCC(c3ccccc3)CC2)cc(=O)[nH]1. The van der Waals surface area contributed by atoms with Crippen LogP contribution in [-0.2, 0) is 0 Å². The highest BCUT2D eigenvalue weighted by Crippen LogP contribution is 2.28. The van der Waals surface area contributed by atoms with E-state index in [-0.39, 0.29) is 11.5 Å². The molecule has 0 saturated carbocycles. The van der Waals surface area contributed by atoms with Gasteiger partial charge < -0.3 is 9.88 Å². The molecule has 0 radical (unpaired) electrons. The Balaban J connectivity index is 1.72. The third kappa shape index (κ3) is 3.70. The Hall–Kier alpha value is -2.36. The largest absolute Gasteiger partial charge is 0.339 e. The number of carbonyl (C=O) groups is 1. The third-order valence-electron chi connectivity index (χ3n) is 4.51. The molecule has 2 aromatic rings. The van der Waals surface area contributed by atoms with Crippen LogP contribution in [-0.4, -0.2) is 28.9 Å². The fourth-order valence-corrected chi connectivity index (χ4v) is 3.35. The van der Waals surface area contributed by atoms with Crippen LogP contribution in [0.2, 0.25) is 0 Å². The van der Waals surface area contributed by atoms with E-state index in [0.717, 1.165) is 38.0 Å². The molecule has 120 valence electrons. The van der Waals surface area contributed by atoms with E-state index in [9.17, 15) is 9.59 Å². The number of aryl methyl sites for hydroxylation is 1. The molecular weight excluding hydrogens is 288 g/mol. The van der Waals surface area contributed by atoms with Crippen LogP contribution in [0.5, 0.6) is 0 Å². The summed E-state index contributed by atoms with van der Waals surface area (Å²) in [6, 6.07) is 13.7. The molecule has 0 bridgehead atoms. The van der Waals surface area contributed by atoms with Gasteiger partial charge in [0.15, 0.2) is 0 Å². The maximum Gasteiger partial charge on any atom is 0.254 e. The molecule has 0 spiro atoms. The van der Waals surface area contributed by atoms with Gasteiger partial charge in [-0.25, -0.2) is 0 Å². The summed E-state index contributed by atoms with van der Waals surface area (Å²) >= 11 is 0. The van der Waals surface area contributed by atoms with Crippen molar-refractivity contribution in [2.45, 2.75) is 32.1 Å². The minimum Gasteiger partial charge on any atom is -0.339 e. The molecule has 1 N–H and O–H groups in total. The maximum absolute atomic E-state index is 12.7. The fraction of sp³-hybridized carbons (Fsp3) is 0.368. The molecule has 1 amide bonds. The molecule has 1 aliphatic rings. The zero-order valence-corrected chi connectivity index (χ0v) is 13.4. The number of benzene rings is 1. The quantitative estimate of drug-likeness (QED) is 0.926. The first-order chi connectivity index (χ1) is 11.1. The molecule has 0 aliphatic carbocycles. The Bertz CT molecular complexity index is 737. The second-order valence-electron chi connectivity index (χ2n) is 6.25. The van der Waals surface area contributed by atoms with Crippen molar-refractivity contribution in [3.05, 3.63) is 69.6 Å². The van der Waals surface area contributed by atoms with Gasteiger partial charge in [-0.1, -0.05) is 30.3 Å². The van der Waals surface area contributed by atoms with Gasteiger partial charge in [0.2, 0.25) is 5.56 Å². The summed E-state index contributed by atoms with van der Waals surface area (Å²) in [4.78, 5) is 28.8. The van der Waals surface area contributed by atoms with Crippen molar-refractivity contribution in [2.75, 3.05) is 13.1 Å². The standard InChI is InChI=1S/C19H22N2O2/c1-14-12-17(13-18(22)20-14)19(23)21-10-5-8-16(9-11-21)15-6-3-2-4-7-15/h2-4,6-7,12-13,16H,5,8-11H2,1H3,(H,20,22). The van der Waals surface area contributed by atoms with E-state index in [1.807, 2.05) is 11.0 Å². The molecular formula is C19H22N2O2. The van der Waals surface area contributed by atoms with Crippen LogP contribution in [0.25, 0.3) is 0 Å². The van der Waals surface area contributed by atoms with Crippen molar-refractivity contribution in [1.82, 2.24) is 9.88 Å². The van der Waals surface area contributed by atoms with E-state index in [4.69, 9.17) is 0 Å². The number of pyridine rings is 1. The van der Waals surface area contributed by atoms with E-state index in [2.05, 4.69) is 29.2 Å². The second-order valence-corrected chi connectivity index (χ2v) is 6.25. The Morgan fingerprint density at radius 1 is 1.13 bits per heavy atom. The Morgan fingerprint density at radius 3 is 2.65 bits per heavy atom. The van der Waals surface area contributed by atoms with Crippen LogP contribution in [0.1, 0.15) is 46.8 Å². The molecule has 1 aromatic heterocycles. The summed E-state index contributed by atoms with van der Waals surface area (Å²) in [7, 11) is 0. The molecule has 1 unspecified atom stereocenters. The lowest BCUT2D eigenvalue weighted by Gasteiger charge is -2.21. The van der Waals surface area contributed by atoms with Gasteiger partial charge in [-0.2, -0.15) is 0 Å². The van der Waals surface area contributed by atoms with Crippen LogP contribution in [0.4, 0.5) is 0 Å².